The maximum absolute atomic E-state index is 12.6. The number of rotatable bonds is 7. The van der Waals surface area contributed by atoms with Crippen LogP contribution < -0.4 is 10.1 Å². The highest BCUT2D eigenvalue weighted by Crippen LogP contribution is 2.30. The van der Waals surface area contributed by atoms with Gasteiger partial charge in [-0.2, -0.15) is 0 Å². The van der Waals surface area contributed by atoms with Crippen molar-refractivity contribution in [2.75, 3.05) is 34.3 Å². The summed E-state index contributed by atoms with van der Waals surface area (Å²) in [5, 5.41) is 3.48. The van der Waals surface area contributed by atoms with E-state index in [1.807, 2.05) is 43.2 Å². The second kappa shape index (κ2) is 7.93. The van der Waals surface area contributed by atoms with E-state index in [1.165, 1.54) is 0 Å². The largest absolute Gasteiger partial charge is 0.496 e. The van der Waals surface area contributed by atoms with E-state index >= 15 is 0 Å². The summed E-state index contributed by atoms with van der Waals surface area (Å²) in [6, 6.07) is 7.26. The number of amides is 1. The third-order valence-corrected chi connectivity index (χ3v) is 4.17. The quantitative estimate of drug-likeness (QED) is 0.819. The van der Waals surface area contributed by atoms with Crippen molar-refractivity contribution in [3.63, 3.8) is 0 Å². The first-order valence-electron chi connectivity index (χ1n) is 8.17. The molecule has 1 amide bonds. The molecule has 25 heavy (non-hydrogen) atoms. The molecular formula is C19H26ClN3O2. The van der Waals surface area contributed by atoms with Crippen molar-refractivity contribution in [3.8, 4) is 11.4 Å². The van der Waals surface area contributed by atoms with Gasteiger partial charge in [-0.25, -0.2) is 0 Å². The summed E-state index contributed by atoms with van der Waals surface area (Å²) >= 11 is 6.39. The predicted octanol–water partition coefficient (Wildman–Crippen LogP) is 3.46. The summed E-state index contributed by atoms with van der Waals surface area (Å²) in [7, 11) is 5.59. The van der Waals surface area contributed by atoms with Crippen LogP contribution in [-0.4, -0.2) is 49.7 Å². The molecule has 1 aromatic heterocycles. The third kappa shape index (κ3) is 5.00. The Morgan fingerprint density at radius 1 is 1.28 bits per heavy atom. The van der Waals surface area contributed by atoms with E-state index in [-0.39, 0.29) is 11.3 Å². The van der Waals surface area contributed by atoms with Crippen LogP contribution in [-0.2, 0) is 0 Å². The highest BCUT2D eigenvalue weighted by molar-refractivity contribution is 6.33. The standard InChI is InChI=1S/C19H26ClN3O2/c1-19(2,13-22(3)4)12-21-18(24)14-10-15(20)16(11-17(14)25-5)23-8-6-7-9-23/h6-11H,12-13H2,1-5H3,(H,21,24). The minimum absolute atomic E-state index is 0.0404. The number of carbonyl (C=O) groups excluding carboxylic acids is 1. The zero-order valence-electron chi connectivity index (χ0n) is 15.5. The molecule has 0 radical (unpaired) electrons. The van der Waals surface area contributed by atoms with Crippen molar-refractivity contribution in [1.82, 2.24) is 14.8 Å². The predicted molar refractivity (Wildman–Crippen MR) is 102 cm³/mol. The van der Waals surface area contributed by atoms with Crippen LogP contribution in [0.25, 0.3) is 5.69 Å². The summed E-state index contributed by atoms with van der Waals surface area (Å²) in [4.78, 5) is 14.7. The molecule has 0 spiro atoms. The molecule has 0 saturated carbocycles. The molecule has 0 atom stereocenters. The fourth-order valence-corrected chi connectivity index (χ4v) is 3.17. The smallest absolute Gasteiger partial charge is 0.255 e. The molecule has 2 aromatic rings. The third-order valence-electron chi connectivity index (χ3n) is 3.87. The normalized spacial score (nSPS) is 11.6. The number of nitrogens with one attached hydrogen (secondary N) is 1. The Morgan fingerprint density at radius 2 is 1.92 bits per heavy atom. The summed E-state index contributed by atoms with van der Waals surface area (Å²) in [5.74, 6) is 0.306. The minimum Gasteiger partial charge on any atom is -0.496 e. The van der Waals surface area contributed by atoms with Gasteiger partial charge in [0.2, 0.25) is 0 Å². The topological polar surface area (TPSA) is 46.5 Å². The van der Waals surface area contributed by atoms with Gasteiger partial charge < -0.3 is 19.5 Å². The van der Waals surface area contributed by atoms with Gasteiger partial charge in [-0.15, -0.1) is 0 Å². The van der Waals surface area contributed by atoms with E-state index in [9.17, 15) is 4.79 Å². The Balaban J connectivity index is 2.21. The molecule has 0 aliphatic carbocycles. The fraction of sp³-hybridized carbons (Fsp3) is 0.421. The number of methoxy groups -OCH3 is 1. The van der Waals surface area contributed by atoms with Gasteiger partial charge in [0.25, 0.3) is 5.91 Å². The maximum Gasteiger partial charge on any atom is 0.255 e. The molecule has 136 valence electrons. The summed E-state index contributed by atoms with van der Waals surface area (Å²) in [6.07, 6.45) is 3.79. The molecule has 0 aliphatic rings. The Labute approximate surface area is 154 Å². The monoisotopic (exact) mass is 363 g/mol. The number of hydrogen-bond donors (Lipinski definition) is 1. The van der Waals surface area contributed by atoms with Gasteiger partial charge >= 0.3 is 0 Å². The molecule has 0 fully saturated rings. The van der Waals surface area contributed by atoms with Crippen LogP contribution in [0.1, 0.15) is 24.2 Å². The second-order valence-electron chi connectivity index (χ2n) is 7.18. The number of nitrogens with zero attached hydrogens (tertiary/aromatic N) is 2. The van der Waals surface area contributed by atoms with Crippen molar-refractivity contribution in [2.45, 2.75) is 13.8 Å². The van der Waals surface area contributed by atoms with Gasteiger partial charge in [0.05, 0.1) is 23.4 Å². The lowest BCUT2D eigenvalue weighted by Gasteiger charge is -2.28. The number of ether oxygens (including phenoxy) is 1. The average molecular weight is 364 g/mol. The highest BCUT2D eigenvalue weighted by atomic mass is 35.5. The summed E-state index contributed by atoms with van der Waals surface area (Å²) < 4.78 is 7.30. The molecule has 1 N–H and O–H groups in total. The van der Waals surface area contributed by atoms with Gasteiger partial charge in [-0.1, -0.05) is 25.4 Å². The lowest BCUT2D eigenvalue weighted by molar-refractivity contribution is 0.0926. The van der Waals surface area contributed by atoms with Crippen LogP contribution in [0.4, 0.5) is 0 Å². The van der Waals surface area contributed by atoms with Crippen molar-refractivity contribution < 1.29 is 9.53 Å². The van der Waals surface area contributed by atoms with Crippen LogP contribution in [0.15, 0.2) is 36.7 Å². The van der Waals surface area contributed by atoms with Crippen LogP contribution >= 0.6 is 11.6 Å². The number of halogens is 1. The van der Waals surface area contributed by atoms with Crippen LogP contribution in [0.2, 0.25) is 5.02 Å². The van der Waals surface area contributed by atoms with Gasteiger partial charge in [0.1, 0.15) is 5.75 Å². The van der Waals surface area contributed by atoms with Gasteiger partial charge in [-0.3, -0.25) is 4.79 Å². The lowest BCUT2D eigenvalue weighted by Crippen LogP contribution is -2.40. The molecule has 2 rings (SSSR count). The molecule has 6 heteroatoms. The van der Waals surface area contributed by atoms with Crippen LogP contribution in [0.3, 0.4) is 0 Å². The lowest BCUT2D eigenvalue weighted by atomic mass is 9.93. The van der Waals surface area contributed by atoms with Gasteiger partial charge in [0.15, 0.2) is 0 Å². The molecule has 1 aromatic carbocycles. The van der Waals surface area contributed by atoms with E-state index < -0.39 is 0 Å². The van der Waals surface area contributed by atoms with Crippen molar-refractivity contribution in [3.05, 3.63) is 47.2 Å². The van der Waals surface area contributed by atoms with Crippen LogP contribution in [0, 0.1) is 5.41 Å². The number of carbonyl (C=O) groups is 1. The number of aromatic nitrogens is 1. The van der Waals surface area contributed by atoms with Crippen molar-refractivity contribution in [2.24, 2.45) is 5.41 Å². The fourth-order valence-electron chi connectivity index (χ4n) is 2.91. The maximum atomic E-state index is 12.6. The van der Waals surface area contributed by atoms with Crippen molar-refractivity contribution in [1.29, 1.82) is 0 Å². The van der Waals surface area contributed by atoms with E-state index in [0.717, 1.165) is 12.2 Å². The van der Waals surface area contributed by atoms with Gasteiger partial charge in [0, 0.05) is 31.5 Å². The summed E-state index contributed by atoms with van der Waals surface area (Å²) in [5.41, 5.74) is 1.17. The van der Waals surface area contributed by atoms with E-state index in [4.69, 9.17) is 16.3 Å². The summed E-state index contributed by atoms with van der Waals surface area (Å²) in [6.45, 7) is 5.67. The first-order chi connectivity index (χ1) is 11.7. The zero-order chi connectivity index (χ0) is 18.6. The zero-order valence-corrected chi connectivity index (χ0v) is 16.2. The van der Waals surface area contributed by atoms with E-state index in [0.29, 0.717) is 22.9 Å². The first-order valence-corrected chi connectivity index (χ1v) is 8.55. The Hall–Kier alpha value is -1.98. The van der Waals surface area contributed by atoms with E-state index in [1.54, 1.807) is 19.2 Å². The Morgan fingerprint density at radius 3 is 2.48 bits per heavy atom. The second-order valence-corrected chi connectivity index (χ2v) is 7.59. The van der Waals surface area contributed by atoms with E-state index in [2.05, 4.69) is 24.1 Å². The molecule has 0 unspecified atom stereocenters. The van der Waals surface area contributed by atoms with Gasteiger partial charge in [-0.05, 0) is 37.7 Å². The average Bonchev–Trinajstić information content (AvgIpc) is 3.05. The molecule has 0 saturated heterocycles. The molecule has 0 aliphatic heterocycles. The molecule has 0 bridgehead atoms. The highest BCUT2D eigenvalue weighted by Gasteiger charge is 2.22. The van der Waals surface area contributed by atoms with Crippen molar-refractivity contribution >= 4 is 17.5 Å². The van der Waals surface area contributed by atoms with Crippen LogP contribution in [0.5, 0.6) is 5.75 Å². The first kappa shape index (κ1) is 19.3. The molecule has 5 nitrogen and oxygen atoms in total. The Kier molecular flexibility index (Phi) is 6.14. The number of hydrogen-bond acceptors (Lipinski definition) is 3. The Bertz CT molecular complexity index is 725. The number of benzene rings is 1. The molecular weight excluding hydrogens is 338 g/mol. The molecule has 1 heterocycles. The SMILES string of the molecule is COc1cc(-n2cccc2)c(Cl)cc1C(=O)NCC(C)(C)CN(C)C. The minimum atomic E-state index is -0.190.